The van der Waals surface area contributed by atoms with Gasteiger partial charge in [-0.15, -0.1) is 0 Å². The predicted molar refractivity (Wildman–Crippen MR) is 41.0 cm³/mol. The summed E-state index contributed by atoms with van der Waals surface area (Å²) in [5.74, 6) is -1.52. The first-order valence-electron chi connectivity index (χ1n) is 3.00. The summed E-state index contributed by atoms with van der Waals surface area (Å²) in [5, 5.41) is 10.6. The van der Waals surface area contributed by atoms with Crippen molar-refractivity contribution in [3.05, 3.63) is 22.1 Å². The van der Waals surface area contributed by atoms with Crippen LogP contribution in [0.5, 0.6) is 0 Å². The number of aromatic carboxylic acids is 1. The second kappa shape index (κ2) is 3.40. The Kier molecular flexibility index (Phi) is 2.49. The molecule has 1 rings (SSSR count). The molecule has 0 aliphatic heterocycles. The van der Waals surface area contributed by atoms with E-state index in [-0.39, 0.29) is 0 Å². The van der Waals surface area contributed by atoms with Gasteiger partial charge in [-0.3, -0.25) is 4.79 Å². The van der Waals surface area contributed by atoms with Gasteiger partial charge < -0.3 is 14.9 Å². The van der Waals surface area contributed by atoms with Gasteiger partial charge in [-0.05, 0) is 6.26 Å². The molecule has 0 atom stereocenters. The van der Waals surface area contributed by atoms with Crippen molar-refractivity contribution in [3.63, 3.8) is 0 Å². The van der Waals surface area contributed by atoms with E-state index in [0.29, 0.717) is 5.16 Å². The minimum Gasteiger partial charge on any atom is -0.545 e. The maximum atomic E-state index is 10.9. The molecule has 0 saturated heterocycles. The number of carboxylic acids is 1. The number of carboxylic acid groups (broad SMARTS) is 1. The predicted octanol–water partition coefficient (Wildman–Crippen LogP) is -1.14. The summed E-state index contributed by atoms with van der Waals surface area (Å²) in [4.78, 5) is 27.1. The van der Waals surface area contributed by atoms with E-state index in [2.05, 4.69) is 9.97 Å². The normalized spacial score (nSPS) is 9.75. The van der Waals surface area contributed by atoms with Gasteiger partial charge >= 0.3 is 0 Å². The fraction of sp³-hybridized carbons (Fsp3) is 0.167. The Morgan fingerprint density at radius 2 is 2.42 bits per heavy atom. The molecular weight excluding hydrogens is 180 g/mol. The highest BCUT2D eigenvalue weighted by Gasteiger charge is 2.01. The molecule has 0 aliphatic rings. The smallest absolute Gasteiger partial charge is 0.260 e. The van der Waals surface area contributed by atoms with E-state index in [1.807, 2.05) is 0 Å². The monoisotopic (exact) mass is 185 g/mol. The fourth-order valence-electron chi connectivity index (χ4n) is 0.628. The van der Waals surface area contributed by atoms with Crippen LogP contribution >= 0.6 is 11.8 Å². The molecule has 12 heavy (non-hydrogen) atoms. The van der Waals surface area contributed by atoms with Crippen LogP contribution in [0.15, 0.2) is 16.1 Å². The van der Waals surface area contributed by atoms with Gasteiger partial charge in [0.2, 0.25) is 0 Å². The van der Waals surface area contributed by atoms with Crippen molar-refractivity contribution in [2.75, 3.05) is 6.26 Å². The minimum atomic E-state index is -1.52. The van der Waals surface area contributed by atoms with Crippen LogP contribution in [0.1, 0.15) is 10.4 Å². The molecule has 64 valence electrons. The van der Waals surface area contributed by atoms with E-state index in [1.165, 1.54) is 11.8 Å². The van der Waals surface area contributed by atoms with Crippen LogP contribution < -0.4 is 10.7 Å². The third-order valence-electron chi connectivity index (χ3n) is 1.19. The minimum absolute atomic E-state index is 0.380. The highest BCUT2D eigenvalue weighted by atomic mass is 32.2. The van der Waals surface area contributed by atoms with Gasteiger partial charge in [0.25, 0.3) is 5.56 Å². The number of aromatic nitrogens is 2. The lowest BCUT2D eigenvalue weighted by atomic mass is 10.3. The molecule has 6 heteroatoms. The molecule has 1 N–H and O–H groups in total. The van der Waals surface area contributed by atoms with E-state index in [4.69, 9.17) is 0 Å². The number of hydrogen-bond acceptors (Lipinski definition) is 5. The Balaban J connectivity index is 3.21. The van der Waals surface area contributed by atoms with Gasteiger partial charge in [0, 0.05) is 6.20 Å². The molecule has 0 spiro atoms. The molecular formula is C6H5N2O3S-. The summed E-state index contributed by atoms with van der Waals surface area (Å²) in [7, 11) is 0. The van der Waals surface area contributed by atoms with E-state index in [9.17, 15) is 14.7 Å². The van der Waals surface area contributed by atoms with E-state index < -0.39 is 17.1 Å². The van der Waals surface area contributed by atoms with Gasteiger partial charge in [0.15, 0.2) is 5.16 Å². The second-order valence-electron chi connectivity index (χ2n) is 1.92. The summed E-state index contributed by atoms with van der Waals surface area (Å²) >= 11 is 1.22. The van der Waals surface area contributed by atoms with Crippen molar-refractivity contribution in [1.82, 2.24) is 9.97 Å². The lowest BCUT2D eigenvalue weighted by molar-refractivity contribution is -0.255. The lowest BCUT2D eigenvalue weighted by Crippen LogP contribution is -2.30. The van der Waals surface area contributed by atoms with Crippen LogP contribution in [0.3, 0.4) is 0 Å². The lowest BCUT2D eigenvalue weighted by Gasteiger charge is -2.00. The number of thioether (sulfide) groups is 1. The summed E-state index contributed by atoms with van der Waals surface area (Å²) in [6.45, 7) is 0. The number of carbonyl (C=O) groups is 1. The van der Waals surface area contributed by atoms with Crippen molar-refractivity contribution in [2.45, 2.75) is 5.16 Å². The van der Waals surface area contributed by atoms with Crippen molar-refractivity contribution in [1.29, 1.82) is 0 Å². The highest BCUT2D eigenvalue weighted by Crippen LogP contribution is 2.03. The molecule has 0 unspecified atom stereocenters. The van der Waals surface area contributed by atoms with E-state index >= 15 is 0 Å². The van der Waals surface area contributed by atoms with Gasteiger partial charge in [0.1, 0.15) is 0 Å². The topological polar surface area (TPSA) is 85.9 Å². The van der Waals surface area contributed by atoms with Crippen LogP contribution in [-0.4, -0.2) is 22.2 Å². The zero-order valence-electron chi connectivity index (χ0n) is 6.16. The average molecular weight is 185 g/mol. The Hall–Kier alpha value is -1.30. The molecule has 0 saturated carbocycles. The highest BCUT2D eigenvalue weighted by molar-refractivity contribution is 7.98. The number of nitrogens with one attached hydrogen (secondary N) is 1. The maximum Gasteiger partial charge on any atom is 0.260 e. The quantitative estimate of drug-likeness (QED) is 0.464. The van der Waals surface area contributed by atoms with Crippen molar-refractivity contribution < 1.29 is 9.90 Å². The first-order valence-corrected chi connectivity index (χ1v) is 4.22. The summed E-state index contributed by atoms with van der Waals surface area (Å²) in [6, 6.07) is 0. The standard InChI is InChI=1S/C6H6N2O3S/c1-12-6-7-2-3(5(10)11)4(9)8-6/h2H,1H3,(H,10,11)(H,7,8,9)/p-1. The number of aromatic amines is 1. The molecule has 0 aromatic carbocycles. The molecule has 5 nitrogen and oxygen atoms in total. The number of carbonyl (C=O) groups excluding carboxylic acids is 1. The van der Waals surface area contributed by atoms with Crippen LogP contribution in [0, 0.1) is 0 Å². The first-order chi connectivity index (χ1) is 5.65. The Morgan fingerprint density at radius 3 is 2.83 bits per heavy atom. The molecule has 1 aromatic rings. The molecule has 0 fully saturated rings. The summed E-state index contributed by atoms with van der Waals surface area (Å²) in [6.07, 6.45) is 2.71. The number of nitrogens with zero attached hydrogens (tertiary/aromatic N) is 1. The van der Waals surface area contributed by atoms with Gasteiger partial charge in [-0.25, -0.2) is 4.98 Å². The Bertz CT molecular complexity index is 360. The van der Waals surface area contributed by atoms with Crippen LogP contribution in [0.25, 0.3) is 0 Å². The van der Waals surface area contributed by atoms with Crippen LogP contribution in [0.2, 0.25) is 0 Å². The zero-order chi connectivity index (χ0) is 9.14. The zero-order valence-corrected chi connectivity index (χ0v) is 6.97. The number of H-pyrrole nitrogens is 1. The first kappa shape index (κ1) is 8.79. The molecule has 0 amide bonds. The molecule has 1 heterocycles. The molecule has 1 aromatic heterocycles. The fourth-order valence-corrected chi connectivity index (χ4v) is 0.981. The van der Waals surface area contributed by atoms with Crippen molar-refractivity contribution in [3.8, 4) is 0 Å². The van der Waals surface area contributed by atoms with Gasteiger partial charge in [-0.2, -0.15) is 0 Å². The summed E-state index contributed by atoms with van der Waals surface area (Å²) < 4.78 is 0. The number of hydrogen-bond donors (Lipinski definition) is 1. The van der Waals surface area contributed by atoms with Gasteiger partial charge in [0.05, 0.1) is 11.5 Å². The molecule has 0 radical (unpaired) electrons. The third kappa shape index (κ3) is 1.65. The molecule has 0 bridgehead atoms. The largest absolute Gasteiger partial charge is 0.545 e. The molecule has 0 aliphatic carbocycles. The van der Waals surface area contributed by atoms with E-state index in [0.717, 1.165) is 6.20 Å². The van der Waals surface area contributed by atoms with Crippen LogP contribution in [0.4, 0.5) is 0 Å². The third-order valence-corrected chi connectivity index (χ3v) is 1.78. The number of rotatable bonds is 2. The van der Waals surface area contributed by atoms with Gasteiger partial charge in [-0.1, -0.05) is 11.8 Å². The van der Waals surface area contributed by atoms with Crippen LogP contribution in [-0.2, 0) is 0 Å². The van der Waals surface area contributed by atoms with E-state index in [1.54, 1.807) is 6.26 Å². The van der Waals surface area contributed by atoms with Crippen molar-refractivity contribution >= 4 is 17.7 Å². The Labute approximate surface area is 71.8 Å². The average Bonchev–Trinajstić information content (AvgIpc) is 2.03. The Morgan fingerprint density at radius 1 is 1.75 bits per heavy atom. The van der Waals surface area contributed by atoms with Crippen molar-refractivity contribution in [2.24, 2.45) is 0 Å². The summed E-state index contributed by atoms with van der Waals surface area (Å²) in [5.41, 5.74) is -1.14. The SMILES string of the molecule is CSc1ncc(C(=O)[O-])c(=O)[nH]1. The maximum absolute atomic E-state index is 10.9. The second-order valence-corrected chi connectivity index (χ2v) is 2.72.